The van der Waals surface area contributed by atoms with Gasteiger partial charge in [0.15, 0.2) is 11.5 Å². The van der Waals surface area contributed by atoms with E-state index in [1.807, 2.05) is 34.6 Å². The summed E-state index contributed by atoms with van der Waals surface area (Å²) in [6.45, 7) is 11.3. The average molecular weight is 447 g/mol. The lowest BCUT2D eigenvalue weighted by Crippen LogP contribution is -2.52. The molecule has 1 aliphatic carbocycles. The fraction of sp³-hybridized carbons (Fsp3) is 0.667. The van der Waals surface area contributed by atoms with E-state index in [1.54, 1.807) is 17.9 Å². The van der Waals surface area contributed by atoms with Crippen LogP contribution in [0.4, 0.5) is 10.5 Å². The Kier molecular flexibility index (Phi) is 6.54. The molecule has 8 heteroatoms. The standard InChI is InChI=1S/C24H34N2O6/c1-15(2)31-20-14-17(16(3)13-19(20)26(29)30)24(10-11-24)21(27)18-9-7-8-12-25(18)22(28)32-23(4,5)6/h13-15,18H,7-12H2,1-6H3. The number of hydrogen-bond acceptors (Lipinski definition) is 6. The Morgan fingerprint density at radius 1 is 1.22 bits per heavy atom. The van der Waals surface area contributed by atoms with Crippen molar-refractivity contribution < 1.29 is 24.0 Å². The van der Waals surface area contributed by atoms with Gasteiger partial charge in [0, 0.05) is 12.6 Å². The van der Waals surface area contributed by atoms with E-state index in [0.29, 0.717) is 31.4 Å². The molecule has 176 valence electrons. The summed E-state index contributed by atoms with van der Waals surface area (Å²) in [5, 5.41) is 11.5. The van der Waals surface area contributed by atoms with E-state index in [1.165, 1.54) is 6.07 Å². The summed E-state index contributed by atoms with van der Waals surface area (Å²) < 4.78 is 11.3. The molecule has 2 fully saturated rings. The van der Waals surface area contributed by atoms with E-state index in [2.05, 4.69) is 0 Å². The number of rotatable bonds is 6. The summed E-state index contributed by atoms with van der Waals surface area (Å²) in [4.78, 5) is 39.3. The molecule has 1 aromatic carbocycles. The van der Waals surface area contributed by atoms with Crippen LogP contribution >= 0.6 is 0 Å². The number of nitro benzene ring substituents is 1. The number of carbonyl (C=O) groups excluding carboxylic acids is 2. The third-order valence-electron chi connectivity index (χ3n) is 6.04. The molecule has 32 heavy (non-hydrogen) atoms. The number of benzene rings is 1. The molecule has 1 amide bonds. The van der Waals surface area contributed by atoms with Crippen molar-refractivity contribution >= 4 is 17.6 Å². The van der Waals surface area contributed by atoms with Gasteiger partial charge in [0.2, 0.25) is 0 Å². The average Bonchev–Trinajstić information content (AvgIpc) is 3.48. The molecule has 1 saturated heterocycles. The fourth-order valence-corrected chi connectivity index (χ4v) is 4.52. The lowest BCUT2D eigenvalue weighted by Gasteiger charge is -2.37. The first-order chi connectivity index (χ1) is 14.9. The first-order valence-electron chi connectivity index (χ1n) is 11.4. The van der Waals surface area contributed by atoms with Gasteiger partial charge in [0.05, 0.1) is 22.5 Å². The summed E-state index contributed by atoms with van der Waals surface area (Å²) in [6.07, 6.45) is 2.91. The Labute approximate surface area is 189 Å². The number of ketones is 1. The minimum atomic E-state index is -0.740. The number of Topliss-reactive ketones (excluding diaryl/α,β-unsaturated/α-hetero) is 1. The fourth-order valence-electron chi connectivity index (χ4n) is 4.52. The van der Waals surface area contributed by atoms with Crippen LogP contribution in [0.1, 0.15) is 77.8 Å². The van der Waals surface area contributed by atoms with Crippen molar-refractivity contribution in [1.82, 2.24) is 4.90 Å². The molecule has 2 aliphatic rings. The van der Waals surface area contributed by atoms with Crippen molar-refractivity contribution in [3.63, 3.8) is 0 Å². The monoisotopic (exact) mass is 446 g/mol. The highest BCUT2D eigenvalue weighted by atomic mass is 16.6. The zero-order valence-electron chi connectivity index (χ0n) is 19.9. The molecule has 1 unspecified atom stereocenters. The van der Waals surface area contributed by atoms with Crippen LogP contribution in [0.2, 0.25) is 0 Å². The van der Waals surface area contributed by atoms with Crippen LogP contribution in [0, 0.1) is 17.0 Å². The summed E-state index contributed by atoms with van der Waals surface area (Å²) >= 11 is 0. The quantitative estimate of drug-likeness (QED) is 0.446. The van der Waals surface area contributed by atoms with Gasteiger partial charge < -0.3 is 9.47 Å². The van der Waals surface area contributed by atoms with Crippen LogP contribution in [0.25, 0.3) is 0 Å². The second-order valence-corrected chi connectivity index (χ2v) is 10.2. The van der Waals surface area contributed by atoms with Gasteiger partial charge in [0.25, 0.3) is 0 Å². The normalized spacial score (nSPS) is 20.1. The summed E-state index contributed by atoms with van der Waals surface area (Å²) in [5.74, 6) is 0.174. The molecule has 0 radical (unpaired) electrons. The minimum absolute atomic E-state index is 0.00416. The van der Waals surface area contributed by atoms with E-state index >= 15 is 0 Å². The molecule has 3 rings (SSSR count). The SMILES string of the molecule is Cc1cc([N+](=O)[O-])c(OC(C)C)cc1C1(C(=O)C2CCCCN2C(=O)OC(C)(C)C)CC1. The zero-order chi connectivity index (χ0) is 23.8. The van der Waals surface area contributed by atoms with E-state index in [0.717, 1.165) is 18.4 Å². The Balaban J connectivity index is 1.96. The first-order valence-corrected chi connectivity index (χ1v) is 11.4. The Morgan fingerprint density at radius 3 is 2.41 bits per heavy atom. The van der Waals surface area contributed by atoms with Gasteiger partial charge in [-0.1, -0.05) is 0 Å². The van der Waals surface area contributed by atoms with Crippen molar-refractivity contribution in [1.29, 1.82) is 0 Å². The number of hydrogen-bond donors (Lipinski definition) is 0. The predicted molar refractivity (Wildman–Crippen MR) is 120 cm³/mol. The number of amides is 1. The van der Waals surface area contributed by atoms with Gasteiger partial charge in [0.1, 0.15) is 5.60 Å². The predicted octanol–water partition coefficient (Wildman–Crippen LogP) is 5.08. The number of aryl methyl sites for hydroxylation is 1. The van der Waals surface area contributed by atoms with Crippen molar-refractivity contribution in [2.45, 2.75) is 96.8 Å². The van der Waals surface area contributed by atoms with Crippen LogP contribution in [-0.2, 0) is 14.9 Å². The van der Waals surface area contributed by atoms with Crippen LogP contribution in [0.5, 0.6) is 5.75 Å². The smallest absolute Gasteiger partial charge is 0.410 e. The molecular weight excluding hydrogens is 412 g/mol. The van der Waals surface area contributed by atoms with Crippen LogP contribution in [0.3, 0.4) is 0 Å². The topological polar surface area (TPSA) is 99.0 Å². The van der Waals surface area contributed by atoms with Crippen molar-refractivity contribution in [3.8, 4) is 5.75 Å². The molecular formula is C24H34N2O6. The van der Waals surface area contributed by atoms with Crippen molar-refractivity contribution in [2.75, 3.05) is 6.54 Å². The lowest BCUT2D eigenvalue weighted by molar-refractivity contribution is -0.386. The molecule has 1 heterocycles. The third-order valence-corrected chi connectivity index (χ3v) is 6.04. The molecule has 0 N–H and O–H groups in total. The molecule has 8 nitrogen and oxygen atoms in total. The molecule has 1 aromatic rings. The van der Waals surface area contributed by atoms with Gasteiger partial charge >= 0.3 is 11.8 Å². The number of ether oxygens (including phenoxy) is 2. The number of nitrogens with zero attached hydrogens (tertiary/aromatic N) is 2. The highest BCUT2D eigenvalue weighted by Gasteiger charge is 2.56. The first kappa shape index (κ1) is 24.0. The Bertz CT molecular complexity index is 914. The van der Waals surface area contributed by atoms with Gasteiger partial charge in [-0.15, -0.1) is 0 Å². The zero-order valence-corrected chi connectivity index (χ0v) is 19.9. The minimum Gasteiger partial charge on any atom is -0.484 e. The Hall–Kier alpha value is -2.64. The molecule has 0 bridgehead atoms. The van der Waals surface area contributed by atoms with E-state index in [9.17, 15) is 19.7 Å². The third kappa shape index (κ3) is 4.89. The van der Waals surface area contributed by atoms with Crippen molar-refractivity contribution in [3.05, 3.63) is 33.4 Å². The van der Waals surface area contributed by atoms with Crippen LogP contribution in [0.15, 0.2) is 12.1 Å². The number of piperidine rings is 1. The molecule has 1 aliphatic heterocycles. The summed E-state index contributed by atoms with van der Waals surface area (Å²) in [5.41, 5.74) is -0.0263. The summed E-state index contributed by atoms with van der Waals surface area (Å²) in [6, 6.07) is 2.61. The molecule has 1 saturated carbocycles. The number of nitro groups is 1. The Morgan fingerprint density at radius 2 is 1.88 bits per heavy atom. The van der Waals surface area contributed by atoms with Crippen molar-refractivity contribution in [2.24, 2.45) is 0 Å². The van der Waals surface area contributed by atoms with E-state index in [-0.39, 0.29) is 23.3 Å². The highest BCUT2D eigenvalue weighted by molar-refractivity contribution is 5.99. The second-order valence-electron chi connectivity index (χ2n) is 10.2. The lowest BCUT2D eigenvalue weighted by atomic mass is 9.82. The van der Waals surface area contributed by atoms with Gasteiger partial charge in [-0.3, -0.25) is 19.8 Å². The maximum atomic E-state index is 13.8. The van der Waals surface area contributed by atoms with Gasteiger partial charge in [-0.25, -0.2) is 4.79 Å². The molecule has 0 spiro atoms. The van der Waals surface area contributed by atoms with Gasteiger partial charge in [-0.2, -0.15) is 0 Å². The highest BCUT2D eigenvalue weighted by Crippen LogP contribution is 2.53. The molecule has 1 atom stereocenters. The van der Waals surface area contributed by atoms with Crippen LogP contribution in [-0.4, -0.2) is 46.0 Å². The summed E-state index contributed by atoms with van der Waals surface area (Å²) in [7, 11) is 0. The maximum Gasteiger partial charge on any atom is 0.410 e. The number of likely N-dealkylation sites (tertiary alicyclic amines) is 1. The van der Waals surface area contributed by atoms with E-state index < -0.39 is 28.1 Å². The van der Waals surface area contributed by atoms with E-state index in [4.69, 9.17) is 9.47 Å². The van der Waals surface area contributed by atoms with Gasteiger partial charge in [-0.05, 0) is 90.8 Å². The molecule has 0 aromatic heterocycles. The maximum absolute atomic E-state index is 13.8. The second kappa shape index (κ2) is 8.71. The number of carbonyl (C=O) groups is 2. The van der Waals surface area contributed by atoms with Crippen LogP contribution < -0.4 is 4.74 Å². The largest absolute Gasteiger partial charge is 0.484 e.